The standard InChI is InChI=1S/C19H28N4OS.HI/c1-5-20-19(22-13-18-14(2)23-15(3)25-18)21-12-6-7-16-8-10-17(24-4)11-9-16;/h8-11H,5-7,12-13H2,1-4H3,(H2,20,21,22);1H. The van der Waals surface area contributed by atoms with Crippen LogP contribution in [0.1, 0.15) is 34.5 Å². The molecule has 0 saturated heterocycles. The number of nitrogens with one attached hydrogen (secondary N) is 2. The molecule has 0 aliphatic carbocycles. The maximum absolute atomic E-state index is 5.19. The number of aryl methyl sites for hydroxylation is 3. The number of aliphatic imine (C=N–C) groups is 1. The lowest BCUT2D eigenvalue weighted by Gasteiger charge is -2.11. The fourth-order valence-electron chi connectivity index (χ4n) is 2.50. The molecule has 7 heteroatoms. The number of aromatic nitrogens is 1. The third kappa shape index (κ3) is 7.49. The highest BCUT2D eigenvalue weighted by molar-refractivity contribution is 14.0. The maximum atomic E-state index is 5.19. The molecule has 1 heterocycles. The van der Waals surface area contributed by atoms with Gasteiger partial charge in [-0.1, -0.05) is 12.1 Å². The van der Waals surface area contributed by atoms with Crippen LogP contribution in [0, 0.1) is 13.8 Å². The molecule has 0 unspecified atom stereocenters. The zero-order valence-corrected chi connectivity index (χ0v) is 19.1. The number of ether oxygens (including phenoxy) is 1. The van der Waals surface area contributed by atoms with E-state index in [1.807, 2.05) is 26.0 Å². The zero-order chi connectivity index (χ0) is 18.1. The molecule has 2 N–H and O–H groups in total. The van der Waals surface area contributed by atoms with E-state index in [2.05, 4.69) is 39.7 Å². The van der Waals surface area contributed by atoms with Gasteiger partial charge in [0.2, 0.25) is 0 Å². The Morgan fingerprint density at radius 1 is 1.19 bits per heavy atom. The van der Waals surface area contributed by atoms with Crippen molar-refractivity contribution in [2.75, 3.05) is 20.2 Å². The lowest BCUT2D eigenvalue weighted by molar-refractivity contribution is 0.414. The Bertz CT molecular complexity index is 685. The summed E-state index contributed by atoms with van der Waals surface area (Å²) in [7, 11) is 1.69. The highest BCUT2D eigenvalue weighted by Gasteiger charge is 2.05. The van der Waals surface area contributed by atoms with Gasteiger partial charge in [0.25, 0.3) is 0 Å². The van der Waals surface area contributed by atoms with Crippen molar-refractivity contribution in [2.24, 2.45) is 4.99 Å². The summed E-state index contributed by atoms with van der Waals surface area (Å²) in [4.78, 5) is 10.4. The van der Waals surface area contributed by atoms with Crippen molar-refractivity contribution in [1.29, 1.82) is 0 Å². The molecule has 1 aromatic heterocycles. The minimum absolute atomic E-state index is 0. The molecule has 0 aliphatic heterocycles. The Balaban J connectivity index is 0.00000338. The van der Waals surface area contributed by atoms with Crippen molar-refractivity contribution >= 4 is 41.3 Å². The van der Waals surface area contributed by atoms with Crippen LogP contribution in [0.3, 0.4) is 0 Å². The summed E-state index contributed by atoms with van der Waals surface area (Å²) in [6.07, 6.45) is 2.08. The SMILES string of the molecule is CCNC(=NCc1sc(C)nc1C)NCCCc1ccc(OC)cc1.I. The first-order valence-corrected chi connectivity index (χ1v) is 9.52. The predicted molar refractivity (Wildman–Crippen MR) is 121 cm³/mol. The van der Waals surface area contributed by atoms with Gasteiger partial charge < -0.3 is 15.4 Å². The van der Waals surface area contributed by atoms with Crippen LogP contribution >= 0.6 is 35.3 Å². The Morgan fingerprint density at radius 2 is 1.92 bits per heavy atom. The number of methoxy groups -OCH3 is 1. The van der Waals surface area contributed by atoms with E-state index in [0.29, 0.717) is 6.54 Å². The molecule has 0 spiro atoms. The van der Waals surface area contributed by atoms with Crippen molar-refractivity contribution in [1.82, 2.24) is 15.6 Å². The molecule has 0 fully saturated rings. The molecule has 0 atom stereocenters. The molecule has 26 heavy (non-hydrogen) atoms. The number of rotatable bonds is 8. The van der Waals surface area contributed by atoms with E-state index < -0.39 is 0 Å². The van der Waals surface area contributed by atoms with E-state index in [0.717, 1.165) is 48.3 Å². The van der Waals surface area contributed by atoms with E-state index in [1.165, 1.54) is 10.4 Å². The highest BCUT2D eigenvalue weighted by atomic mass is 127. The molecule has 5 nitrogen and oxygen atoms in total. The largest absolute Gasteiger partial charge is 0.497 e. The van der Waals surface area contributed by atoms with Crippen molar-refractivity contribution in [3.8, 4) is 5.75 Å². The van der Waals surface area contributed by atoms with Crippen molar-refractivity contribution < 1.29 is 4.74 Å². The van der Waals surface area contributed by atoms with E-state index in [-0.39, 0.29) is 24.0 Å². The van der Waals surface area contributed by atoms with E-state index in [9.17, 15) is 0 Å². The van der Waals surface area contributed by atoms with Gasteiger partial charge in [-0.2, -0.15) is 0 Å². The summed E-state index contributed by atoms with van der Waals surface area (Å²) in [6.45, 7) is 8.57. The second kappa shape index (κ2) is 12.1. The summed E-state index contributed by atoms with van der Waals surface area (Å²) in [5, 5.41) is 7.81. The number of thiazole rings is 1. The van der Waals surface area contributed by atoms with Crippen LogP contribution in [0.25, 0.3) is 0 Å². The molecule has 0 bridgehead atoms. The number of guanidine groups is 1. The van der Waals surface area contributed by atoms with Crippen molar-refractivity contribution in [2.45, 2.75) is 40.2 Å². The van der Waals surface area contributed by atoms with Crippen molar-refractivity contribution in [3.05, 3.63) is 45.4 Å². The third-order valence-corrected chi connectivity index (χ3v) is 4.88. The van der Waals surface area contributed by atoms with Crippen LogP contribution in [0.15, 0.2) is 29.3 Å². The lowest BCUT2D eigenvalue weighted by Crippen LogP contribution is -2.37. The zero-order valence-electron chi connectivity index (χ0n) is 16.0. The van der Waals surface area contributed by atoms with E-state index in [1.54, 1.807) is 18.4 Å². The second-order valence-electron chi connectivity index (χ2n) is 5.82. The Hall–Kier alpha value is -1.35. The van der Waals surface area contributed by atoms with Gasteiger partial charge in [-0.25, -0.2) is 9.98 Å². The maximum Gasteiger partial charge on any atom is 0.191 e. The summed E-state index contributed by atoms with van der Waals surface area (Å²) in [6, 6.07) is 8.25. The molecule has 2 rings (SSSR count). The van der Waals surface area contributed by atoms with Gasteiger partial charge in [-0.15, -0.1) is 35.3 Å². The summed E-state index contributed by atoms with van der Waals surface area (Å²) < 4.78 is 5.19. The monoisotopic (exact) mass is 488 g/mol. The van der Waals surface area contributed by atoms with Gasteiger partial charge in [0.1, 0.15) is 5.75 Å². The Morgan fingerprint density at radius 3 is 2.50 bits per heavy atom. The number of benzene rings is 1. The molecular weight excluding hydrogens is 459 g/mol. The van der Waals surface area contributed by atoms with Crippen LogP contribution in [-0.2, 0) is 13.0 Å². The average molecular weight is 488 g/mol. The molecule has 0 aliphatic rings. The van der Waals surface area contributed by atoms with Crippen LogP contribution in [0.2, 0.25) is 0 Å². The van der Waals surface area contributed by atoms with Crippen LogP contribution < -0.4 is 15.4 Å². The lowest BCUT2D eigenvalue weighted by atomic mass is 10.1. The topological polar surface area (TPSA) is 58.5 Å². The first kappa shape index (κ1) is 22.7. The van der Waals surface area contributed by atoms with E-state index >= 15 is 0 Å². The number of hydrogen-bond donors (Lipinski definition) is 2. The minimum Gasteiger partial charge on any atom is -0.497 e. The van der Waals surface area contributed by atoms with Gasteiger partial charge >= 0.3 is 0 Å². The molecule has 2 aromatic rings. The molecule has 0 saturated carbocycles. The summed E-state index contributed by atoms with van der Waals surface area (Å²) in [5.74, 6) is 1.76. The highest BCUT2D eigenvalue weighted by Crippen LogP contribution is 2.17. The quantitative estimate of drug-likeness (QED) is 0.255. The first-order chi connectivity index (χ1) is 12.1. The number of hydrogen-bond acceptors (Lipinski definition) is 4. The smallest absolute Gasteiger partial charge is 0.191 e. The molecule has 0 radical (unpaired) electrons. The van der Waals surface area contributed by atoms with Gasteiger partial charge in [0.15, 0.2) is 5.96 Å². The fraction of sp³-hybridized carbons (Fsp3) is 0.474. The van der Waals surface area contributed by atoms with Crippen molar-refractivity contribution in [3.63, 3.8) is 0 Å². The van der Waals surface area contributed by atoms with Gasteiger partial charge in [0, 0.05) is 18.0 Å². The molecule has 144 valence electrons. The summed E-state index contributed by atoms with van der Waals surface area (Å²) in [5.41, 5.74) is 2.40. The Labute approximate surface area is 177 Å². The van der Waals surface area contributed by atoms with Gasteiger partial charge in [-0.3, -0.25) is 0 Å². The molecular formula is C19H29IN4OS. The first-order valence-electron chi connectivity index (χ1n) is 8.70. The number of nitrogens with zero attached hydrogens (tertiary/aromatic N) is 2. The molecule has 0 amide bonds. The van der Waals surface area contributed by atoms with Crippen LogP contribution in [0.5, 0.6) is 5.75 Å². The van der Waals surface area contributed by atoms with Gasteiger partial charge in [-0.05, 0) is 51.3 Å². The van der Waals surface area contributed by atoms with E-state index in [4.69, 9.17) is 4.74 Å². The molecule has 1 aromatic carbocycles. The normalized spacial score (nSPS) is 11.0. The minimum atomic E-state index is 0. The second-order valence-corrected chi connectivity index (χ2v) is 7.10. The van der Waals surface area contributed by atoms with Crippen LogP contribution in [0.4, 0.5) is 0 Å². The summed E-state index contributed by atoms with van der Waals surface area (Å²) >= 11 is 1.72. The van der Waals surface area contributed by atoms with Crippen LogP contribution in [-0.4, -0.2) is 31.1 Å². The average Bonchev–Trinajstić information content (AvgIpc) is 2.94. The fourth-order valence-corrected chi connectivity index (χ4v) is 3.37. The van der Waals surface area contributed by atoms with Gasteiger partial charge in [0.05, 0.1) is 24.4 Å². The predicted octanol–water partition coefficient (Wildman–Crippen LogP) is 4.07. The number of halogens is 1. The Kier molecular flexibility index (Phi) is 10.6. The third-order valence-electron chi connectivity index (χ3n) is 3.82.